The zero-order valence-electron chi connectivity index (χ0n) is 8.31. The molecule has 14 heavy (non-hydrogen) atoms. The number of amides is 1. The van der Waals surface area contributed by atoms with E-state index in [0.29, 0.717) is 6.54 Å². The minimum absolute atomic E-state index is 0.503. The van der Waals surface area contributed by atoms with E-state index in [1.165, 1.54) is 19.3 Å². The van der Waals surface area contributed by atoms with Crippen molar-refractivity contribution in [3.63, 3.8) is 0 Å². The van der Waals surface area contributed by atoms with E-state index in [2.05, 4.69) is 14.9 Å². The van der Waals surface area contributed by atoms with E-state index < -0.39 is 18.2 Å². The number of nitrogens with one attached hydrogen (secondary N) is 1. The van der Waals surface area contributed by atoms with Crippen molar-refractivity contribution in [3.05, 3.63) is 0 Å². The quantitative estimate of drug-likeness (QED) is 0.483. The van der Waals surface area contributed by atoms with Crippen LogP contribution in [0.2, 0.25) is 0 Å². The van der Waals surface area contributed by atoms with Crippen molar-refractivity contribution in [2.24, 2.45) is 0 Å². The van der Waals surface area contributed by atoms with Crippen LogP contribution < -0.4 is 5.43 Å². The van der Waals surface area contributed by atoms with Gasteiger partial charge in [0, 0.05) is 6.54 Å². The smallest absolute Gasteiger partial charge is 0.427 e. The molecule has 0 aromatic carbocycles. The molecule has 0 aliphatic carbocycles. The summed E-state index contributed by atoms with van der Waals surface area (Å²) in [5, 5.41) is 2.49. The second kappa shape index (κ2) is 4.25. The fourth-order valence-corrected chi connectivity index (χ4v) is 1.08. The first-order valence-corrected chi connectivity index (χ1v) is 4.15. The highest BCUT2D eigenvalue weighted by Crippen LogP contribution is 2.25. The number of carbonyl (C=O) groups is 2. The van der Waals surface area contributed by atoms with Crippen LogP contribution in [0.3, 0.4) is 0 Å². The van der Waals surface area contributed by atoms with Crippen molar-refractivity contribution in [2.75, 3.05) is 20.8 Å². The van der Waals surface area contributed by atoms with Gasteiger partial charge in [0.2, 0.25) is 6.17 Å². The number of hydrogen-bond donors (Lipinski definition) is 1. The molecule has 1 N–H and O–H groups in total. The third-order valence-corrected chi connectivity index (χ3v) is 1.73. The predicted molar refractivity (Wildman–Crippen MR) is 45.6 cm³/mol. The number of hydrogen-bond acceptors (Lipinski definition) is 6. The van der Waals surface area contributed by atoms with Gasteiger partial charge >= 0.3 is 12.1 Å². The number of rotatable bonds is 3. The Morgan fingerprint density at radius 3 is 2.43 bits per heavy atom. The molecule has 7 nitrogen and oxygen atoms in total. The van der Waals surface area contributed by atoms with Crippen LogP contribution in [0.1, 0.15) is 6.92 Å². The Morgan fingerprint density at radius 1 is 1.36 bits per heavy atom. The maximum absolute atomic E-state index is 11.1. The van der Waals surface area contributed by atoms with Crippen molar-refractivity contribution >= 4 is 12.1 Å². The number of carbonyl (C=O) groups excluding carboxylic acids is 2. The maximum Gasteiger partial charge on any atom is 0.427 e. The summed E-state index contributed by atoms with van der Waals surface area (Å²) in [6, 6.07) is 0. The Hall–Kier alpha value is -1.34. The Labute approximate surface area is 81.5 Å². The van der Waals surface area contributed by atoms with Crippen LogP contribution in [-0.2, 0) is 14.3 Å². The lowest BCUT2D eigenvalue weighted by Crippen LogP contribution is -2.27. The highest BCUT2D eigenvalue weighted by atomic mass is 16.6. The maximum atomic E-state index is 11.1. The average molecular weight is 203 g/mol. The number of nitrogens with zero attached hydrogens (tertiary/aromatic N) is 2. The third-order valence-electron chi connectivity index (χ3n) is 1.73. The molecular formula is C7H13N3O4. The Balaban J connectivity index is 2.58. The topological polar surface area (TPSA) is 70.7 Å². The van der Waals surface area contributed by atoms with E-state index in [-0.39, 0.29) is 0 Å². The van der Waals surface area contributed by atoms with Crippen LogP contribution in [-0.4, -0.2) is 49.1 Å². The number of hydrazine groups is 2. The van der Waals surface area contributed by atoms with Gasteiger partial charge in [-0.3, -0.25) is 0 Å². The fraction of sp³-hybridized carbons (Fsp3) is 0.714. The van der Waals surface area contributed by atoms with Crippen LogP contribution in [0.15, 0.2) is 0 Å². The highest BCUT2D eigenvalue weighted by Gasteiger charge is 2.56. The first kappa shape index (κ1) is 10.7. The van der Waals surface area contributed by atoms with Gasteiger partial charge in [0.05, 0.1) is 14.2 Å². The minimum atomic E-state index is -0.715. The molecule has 0 aromatic rings. The molecule has 1 rings (SSSR count). The van der Waals surface area contributed by atoms with Crippen molar-refractivity contribution in [3.8, 4) is 0 Å². The lowest BCUT2D eigenvalue weighted by Gasteiger charge is -2.01. The molecule has 0 bridgehead atoms. The van der Waals surface area contributed by atoms with Crippen molar-refractivity contribution in [1.82, 2.24) is 15.6 Å². The summed E-state index contributed by atoms with van der Waals surface area (Å²) in [5.74, 6) is -0.503. The molecule has 0 radical (unpaired) electrons. The molecule has 1 heterocycles. The van der Waals surface area contributed by atoms with Gasteiger partial charge in [-0.15, -0.1) is 5.12 Å². The van der Waals surface area contributed by atoms with Crippen molar-refractivity contribution in [2.45, 2.75) is 13.1 Å². The van der Waals surface area contributed by atoms with Crippen LogP contribution in [0.5, 0.6) is 0 Å². The summed E-state index contributed by atoms with van der Waals surface area (Å²) in [6.45, 7) is 2.45. The molecule has 0 spiro atoms. The summed E-state index contributed by atoms with van der Waals surface area (Å²) < 4.78 is 8.98. The van der Waals surface area contributed by atoms with Crippen LogP contribution in [0, 0.1) is 0 Å². The van der Waals surface area contributed by atoms with Gasteiger partial charge in [-0.05, 0) is 0 Å². The second-order valence-electron chi connectivity index (χ2n) is 2.57. The van der Waals surface area contributed by atoms with Gasteiger partial charge in [0.25, 0.3) is 0 Å². The van der Waals surface area contributed by atoms with Crippen molar-refractivity contribution < 1.29 is 19.1 Å². The lowest BCUT2D eigenvalue weighted by molar-refractivity contribution is -0.141. The molecule has 0 saturated carbocycles. The molecule has 1 fully saturated rings. The van der Waals surface area contributed by atoms with E-state index in [9.17, 15) is 9.59 Å². The van der Waals surface area contributed by atoms with E-state index in [1.54, 1.807) is 0 Å². The molecule has 80 valence electrons. The zero-order valence-corrected chi connectivity index (χ0v) is 8.31. The Bertz CT molecular complexity index is 223. The molecule has 1 aliphatic rings. The third kappa shape index (κ3) is 1.78. The molecule has 7 heteroatoms. The Kier molecular flexibility index (Phi) is 3.26. The number of methoxy groups -OCH3 is 2. The molecule has 1 amide bonds. The van der Waals surface area contributed by atoms with Crippen LogP contribution in [0.4, 0.5) is 4.79 Å². The molecule has 2 atom stereocenters. The average Bonchev–Trinajstić information content (AvgIpc) is 2.90. The van der Waals surface area contributed by atoms with Crippen LogP contribution >= 0.6 is 0 Å². The largest absolute Gasteiger partial charge is 0.466 e. The summed E-state index contributed by atoms with van der Waals surface area (Å²) in [7, 11) is 2.51. The fourth-order valence-electron chi connectivity index (χ4n) is 1.08. The van der Waals surface area contributed by atoms with E-state index in [1.807, 2.05) is 6.92 Å². The SMILES string of the molecule is CCNN1[C@H](C(=O)OC)N1C(=O)OC. The van der Waals surface area contributed by atoms with E-state index in [0.717, 1.165) is 5.01 Å². The molecule has 1 unspecified atom stereocenters. The summed E-state index contributed by atoms with van der Waals surface area (Å²) in [6.07, 6.45) is -1.31. The van der Waals surface area contributed by atoms with Crippen LogP contribution in [0.25, 0.3) is 0 Å². The van der Waals surface area contributed by atoms with Gasteiger partial charge in [-0.1, -0.05) is 6.92 Å². The molecule has 0 aromatic heterocycles. The van der Waals surface area contributed by atoms with Gasteiger partial charge in [0.15, 0.2) is 0 Å². The first-order valence-electron chi connectivity index (χ1n) is 4.15. The van der Waals surface area contributed by atoms with Gasteiger partial charge in [-0.25, -0.2) is 15.0 Å². The lowest BCUT2D eigenvalue weighted by atomic mass is 10.6. The van der Waals surface area contributed by atoms with Gasteiger partial charge in [0.1, 0.15) is 0 Å². The zero-order chi connectivity index (χ0) is 10.7. The first-order chi connectivity index (χ1) is 6.67. The summed E-state index contributed by atoms with van der Waals surface area (Å²) in [5.41, 5.74) is 2.81. The normalized spacial score (nSPS) is 24.4. The predicted octanol–water partition coefficient (Wildman–Crippen LogP) is -0.691. The Morgan fingerprint density at radius 2 is 2.00 bits per heavy atom. The molecular weight excluding hydrogens is 190 g/mol. The molecule has 1 saturated heterocycles. The summed E-state index contributed by atoms with van der Waals surface area (Å²) in [4.78, 5) is 22.2. The minimum Gasteiger partial charge on any atom is -0.466 e. The highest BCUT2D eigenvalue weighted by molar-refractivity contribution is 5.84. The van der Waals surface area contributed by atoms with Crippen molar-refractivity contribution in [1.29, 1.82) is 0 Å². The van der Waals surface area contributed by atoms with E-state index in [4.69, 9.17) is 0 Å². The van der Waals surface area contributed by atoms with Gasteiger partial charge < -0.3 is 9.47 Å². The van der Waals surface area contributed by atoms with E-state index >= 15 is 0 Å². The monoisotopic (exact) mass is 203 g/mol. The number of esters is 1. The summed E-state index contributed by atoms with van der Waals surface area (Å²) >= 11 is 0. The van der Waals surface area contributed by atoms with Gasteiger partial charge in [-0.2, -0.15) is 5.01 Å². The number of ether oxygens (including phenoxy) is 2. The second-order valence-corrected chi connectivity index (χ2v) is 2.57. The standard InChI is InChI=1S/C7H13N3O4/c1-4-8-10-5(6(11)13-2)9(10)7(12)14-3/h5,8H,4H2,1-3H3/t5-,9?,10?/m1/s1. The molecule has 1 aliphatic heterocycles.